The zero-order valence-electron chi connectivity index (χ0n) is 17.0. The van der Waals surface area contributed by atoms with Gasteiger partial charge in [0.15, 0.2) is 6.61 Å². The molecule has 32 heavy (non-hydrogen) atoms. The molecule has 1 unspecified atom stereocenters. The van der Waals surface area contributed by atoms with E-state index in [0.29, 0.717) is 11.3 Å². The van der Waals surface area contributed by atoms with Crippen molar-refractivity contribution in [2.45, 2.75) is 19.1 Å². The third kappa shape index (κ3) is 5.13. The van der Waals surface area contributed by atoms with Gasteiger partial charge in [-0.3, -0.25) is 0 Å². The first-order valence-electron chi connectivity index (χ1n) is 9.96. The van der Waals surface area contributed by atoms with E-state index < -0.39 is 18.1 Å². The Labute approximate surface area is 183 Å². The van der Waals surface area contributed by atoms with Gasteiger partial charge in [0.2, 0.25) is 0 Å². The lowest BCUT2D eigenvalue weighted by molar-refractivity contribution is -0.139. The molecule has 0 bridgehead atoms. The van der Waals surface area contributed by atoms with E-state index in [-0.39, 0.29) is 18.8 Å². The SMILES string of the molecule is O=C(NC(Cc1ccccc1)C(=O)O)OCc1cc2cc(-c3ccc(F)cc3)ccc2o1. The Hall–Kier alpha value is -4.13. The molecule has 0 aliphatic rings. The molecule has 4 aromatic rings. The van der Waals surface area contributed by atoms with Crippen molar-refractivity contribution in [1.29, 1.82) is 0 Å². The number of amides is 1. The predicted molar refractivity (Wildman–Crippen MR) is 116 cm³/mol. The van der Waals surface area contributed by atoms with E-state index >= 15 is 0 Å². The molecule has 0 aliphatic heterocycles. The number of ether oxygens (including phenoxy) is 1. The Morgan fingerprint density at radius 3 is 2.41 bits per heavy atom. The lowest BCUT2D eigenvalue weighted by Gasteiger charge is -2.14. The van der Waals surface area contributed by atoms with Crippen LogP contribution in [0.25, 0.3) is 22.1 Å². The lowest BCUT2D eigenvalue weighted by atomic mass is 10.0. The van der Waals surface area contributed by atoms with Crippen molar-refractivity contribution in [3.8, 4) is 11.1 Å². The highest BCUT2D eigenvalue weighted by Gasteiger charge is 2.21. The Morgan fingerprint density at radius 1 is 0.969 bits per heavy atom. The Bertz CT molecular complexity index is 1230. The Balaban J connectivity index is 1.39. The van der Waals surface area contributed by atoms with Gasteiger partial charge in [0.1, 0.15) is 23.2 Å². The van der Waals surface area contributed by atoms with Crippen molar-refractivity contribution in [2.75, 3.05) is 0 Å². The van der Waals surface area contributed by atoms with Gasteiger partial charge in [-0.05, 0) is 47.0 Å². The maximum absolute atomic E-state index is 13.1. The van der Waals surface area contributed by atoms with Gasteiger partial charge in [0, 0.05) is 11.8 Å². The van der Waals surface area contributed by atoms with Crippen LogP contribution in [0, 0.1) is 5.82 Å². The smallest absolute Gasteiger partial charge is 0.408 e. The van der Waals surface area contributed by atoms with Crippen LogP contribution in [-0.2, 0) is 22.6 Å². The quantitative estimate of drug-likeness (QED) is 0.420. The fourth-order valence-electron chi connectivity index (χ4n) is 3.36. The zero-order chi connectivity index (χ0) is 22.5. The van der Waals surface area contributed by atoms with Gasteiger partial charge < -0.3 is 19.6 Å². The molecule has 0 aliphatic carbocycles. The summed E-state index contributed by atoms with van der Waals surface area (Å²) in [6, 6.07) is 21.4. The molecule has 162 valence electrons. The standard InChI is InChI=1S/C25H20FNO5/c26-20-9-6-17(7-10-20)18-8-11-23-19(13-18)14-21(32-23)15-31-25(30)27-22(24(28)29)12-16-4-2-1-3-5-16/h1-11,13-14,22H,12,15H2,(H,27,30)(H,28,29). The van der Waals surface area contributed by atoms with Crippen molar-refractivity contribution in [1.82, 2.24) is 5.32 Å². The molecule has 1 heterocycles. The molecule has 0 saturated carbocycles. The highest BCUT2D eigenvalue weighted by atomic mass is 19.1. The number of fused-ring (bicyclic) bond motifs is 1. The van der Waals surface area contributed by atoms with Gasteiger partial charge in [0.05, 0.1) is 0 Å². The molecular formula is C25H20FNO5. The first kappa shape index (κ1) is 21.1. The number of aliphatic carboxylic acids is 1. The number of halogens is 1. The number of nitrogens with one attached hydrogen (secondary N) is 1. The molecule has 0 radical (unpaired) electrons. The maximum Gasteiger partial charge on any atom is 0.408 e. The molecule has 1 amide bonds. The molecule has 1 atom stereocenters. The van der Waals surface area contributed by atoms with E-state index in [2.05, 4.69) is 5.32 Å². The lowest BCUT2D eigenvalue weighted by Crippen LogP contribution is -2.42. The third-order valence-corrected chi connectivity index (χ3v) is 4.96. The molecule has 1 aromatic heterocycles. The summed E-state index contributed by atoms with van der Waals surface area (Å²) in [6.45, 7) is -0.149. The van der Waals surface area contributed by atoms with E-state index in [9.17, 15) is 19.1 Å². The second kappa shape index (κ2) is 9.34. The average Bonchev–Trinajstić information content (AvgIpc) is 3.20. The van der Waals surface area contributed by atoms with Gasteiger partial charge in [-0.15, -0.1) is 0 Å². The van der Waals surface area contributed by atoms with Crippen LogP contribution in [0.3, 0.4) is 0 Å². The van der Waals surface area contributed by atoms with Crippen LogP contribution in [-0.4, -0.2) is 23.2 Å². The summed E-state index contributed by atoms with van der Waals surface area (Å²) in [5.74, 6) is -1.03. The summed E-state index contributed by atoms with van der Waals surface area (Å²) in [6.07, 6.45) is -0.706. The first-order valence-corrected chi connectivity index (χ1v) is 9.96. The Kier molecular flexibility index (Phi) is 6.17. The highest BCUT2D eigenvalue weighted by Crippen LogP contribution is 2.27. The van der Waals surface area contributed by atoms with E-state index in [0.717, 1.165) is 22.1 Å². The van der Waals surface area contributed by atoms with E-state index in [1.54, 1.807) is 48.5 Å². The third-order valence-electron chi connectivity index (χ3n) is 4.96. The maximum atomic E-state index is 13.1. The van der Waals surface area contributed by atoms with Crippen LogP contribution in [0.5, 0.6) is 0 Å². The van der Waals surface area contributed by atoms with Crippen LogP contribution in [0.4, 0.5) is 9.18 Å². The highest BCUT2D eigenvalue weighted by molar-refractivity contribution is 5.84. The van der Waals surface area contributed by atoms with Gasteiger partial charge in [-0.1, -0.05) is 48.5 Å². The van der Waals surface area contributed by atoms with Crippen molar-refractivity contribution in [3.05, 3.63) is 96.0 Å². The van der Waals surface area contributed by atoms with Crippen molar-refractivity contribution in [2.24, 2.45) is 0 Å². The van der Waals surface area contributed by atoms with E-state index in [4.69, 9.17) is 9.15 Å². The molecule has 7 heteroatoms. The molecule has 2 N–H and O–H groups in total. The number of benzene rings is 3. The zero-order valence-corrected chi connectivity index (χ0v) is 17.0. The second-order valence-corrected chi connectivity index (χ2v) is 7.27. The first-order chi connectivity index (χ1) is 15.5. The van der Waals surface area contributed by atoms with Crippen LogP contribution in [0.2, 0.25) is 0 Å². The summed E-state index contributed by atoms with van der Waals surface area (Å²) < 4.78 is 24.0. The van der Waals surface area contributed by atoms with Crippen LogP contribution in [0.15, 0.2) is 83.3 Å². The largest absolute Gasteiger partial charge is 0.480 e. The molecule has 0 spiro atoms. The monoisotopic (exact) mass is 433 g/mol. The molecular weight excluding hydrogens is 413 g/mol. The molecule has 6 nitrogen and oxygen atoms in total. The van der Waals surface area contributed by atoms with E-state index in [1.807, 2.05) is 18.2 Å². The summed E-state index contributed by atoms with van der Waals surface area (Å²) in [7, 11) is 0. The van der Waals surface area contributed by atoms with Gasteiger partial charge >= 0.3 is 12.1 Å². The molecule has 3 aromatic carbocycles. The number of hydrogen-bond acceptors (Lipinski definition) is 4. The van der Waals surface area contributed by atoms with Crippen LogP contribution >= 0.6 is 0 Å². The number of carboxylic acid groups (broad SMARTS) is 1. The van der Waals surface area contributed by atoms with Gasteiger partial charge in [0.25, 0.3) is 0 Å². The van der Waals surface area contributed by atoms with Crippen molar-refractivity contribution in [3.63, 3.8) is 0 Å². The van der Waals surface area contributed by atoms with Gasteiger partial charge in [-0.25, -0.2) is 14.0 Å². The fraction of sp³-hybridized carbons (Fsp3) is 0.120. The number of carboxylic acids is 1. The van der Waals surface area contributed by atoms with Crippen molar-refractivity contribution >= 4 is 23.0 Å². The number of alkyl carbamates (subject to hydrolysis) is 1. The summed E-state index contributed by atoms with van der Waals surface area (Å²) in [4.78, 5) is 23.6. The molecule has 4 rings (SSSR count). The second-order valence-electron chi connectivity index (χ2n) is 7.27. The Morgan fingerprint density at radius 2 is 1.69 bits per heavy atom. The number of carbonyl (C=O) groups is 2. The minimum absolute atomic E-state index is 0.141. The van der Waals surface area contributed by atoms with Crippen LogP contribution in [0.1, 0.15) is 11.3 Å². The van der Waals surface area contributed by atoms with E-state index in [1.165, 1.54) is 12.1 Å². The van der Waals surface area contributed by atoms with Crippen LogP contribution < -0.4 is 5.32 Å². The molecule has 0 fully saturated rings. The number of rotatable bonds is 7. The topological polar surface area (TPSA) is 88.8 Å². The number of hydrogen-bond donors (Lipinski definition) is 2. The van der Waals surface area contributed by atoms with Crippen molar-refractivity contribution < 1.29 is 28.2 Å². The average molecular weight is 433 g/mol. The summed E-state index contributed by atoms with van der Waals surface area (Å²) in [5.41, 5.74) is 3.16. The predicted octanol–water partition coefficient (Wildman–Crippen LogP) is 5.16. The summed E-state index contributed by atoms with van der Waals surface area (Å²) >= 11 is 0. The molecule has 0 saturated heterocycles. The van der Waals surface area contributed by atoms with Gasteiger partial charge in [-0.2, -0.15) is 0 Å². The summed E-state index contributed by atoms with van der Waals surface area (Å²) in [5, 5.41) is 12.6. The minimum atomic E-state index is -1.15. The number of furan rings is 1. The minimum Gasteiger partial charge on any atom is -0.480 e. The normalized spacial score (nSPS) is 11.8. The number of carbonyl (C=O) groups excluding carboxylic acids is 1. The fourth-order valence-corrected chi connectivity index (χ4v) is 3.36.